The van der Waals surface area contributed by atoms with E-state index in [4.69, 9.17) is 5.73 Å². The summed E-state index contributed by atoms with van der Waals surface area (Å²) in [5.74, 6) is -0.367. The normalized spacial score (nSPS) is 15.1. The van der Waals surface area contributed by atoms with Gasteiger partial charge in [0, 0.05) is 30.1 Å². The summed E-state index contributed by atoms with van der Waals surface area (Å²) in [6.07, 6.45) is 0.661. The van der Waals surface area contributed by atoms with Crippen LogP contribution in [-0.2, 0) is 16.1 Å². The molecule has 0 spiro atoms. The lowest BCUT2D eigenvalue weighted by Gasteiger charge is -2.26. The number of ether oxygens (including phenoxy) is 1. The number of rotatable bonds is 5. The minimum Gasteiger partial charge on any atom is -0.508 e. The van der Waals surface area contributed by atoms with E-state index in [-0.39, 0.29) is 36.6 Å². The number of phenols is 1. The summed E-state index contributed by atoms with van der Waals surface area (Å²) in [5, 5.41) is 9.79. The van der Waals surface area contributed by atoms with Gasteiger partial charge in [-0.1, -0.05) is 6.07 Å². The zero-order valence-corrected chi connectivity index (χ0v) is 11.3. The van der Waals surface area contributed by atoms with Crippen molar-refractivity contribution in [3.8, 4) is 5.75 Å². The van der Waals surface area contributed by atoms with Crippen LogP contribution in [0.4, 0.5) is 0 Å². The molecule has 1 unspecified atom stereocenters. The van der Waals surface area contributed by atoms with E-state index < -0.39 is 0 Å². The maximum atomic E-state index is 12.3. The zero-order chi connectivity index (χ0) is 14.7. The Morgan fingerprint density at radius 3 is 2.90 bits per heavy atom. The molecular weight excluding hydrogens is 260 g/mol. The molecule has 0 saturated heterocycles. The highest BCUT2D eigenvalue weighted by molar-refractivity contribution is 5.99. The predicted octanol–water partition coefficient (Wildman–Crippen LogP) is 0.628. The summed E-state index contributed by atoms with van der Waals surface area (Å²) >= 11 is 0. The van der Waals surface area contributed by atoms with E-state index in [0.29, 0.717) is 24.1 Å². The largest absolute Gasteiger partial charge is 0.508 e. The molecule has 0 bridgehead atoms. The van der Waals surface area contributed by atoms with Crippen molar-refractivity contribution in [1.82, 2.24) is 4.90 Å². The number of amides is 1. The molecule has 1 heterocycles. The molecule has 0 aliphatic carbocycles. The molecule has 20 heavy (non-hydrogen) atoms. The van der Waals surface area contributed by atoms with Crippen LogP contribution in [-0.4, -0.2) is 41.6 Å². The molecule has 3 N–H and O–H groups in total. The van der Waals surface area contributed by atoms with Crippen molar-refractivity contribution in [1.29, 1.82) is 0 Å². The molecule has 0 aromatic heterocycles. The van der Waals surface area contributed by atoms with Crippen molar-refractivity contribution in [2.45, 2.75) is 25.4 Å². The number of hydrogen-bond donors (Lipinski definition) is 2. The minimum atomic E-state index is -0.324. The second-order valence-corrected chi connectivity index (χ2v) is 4.74. The molecule has 0 saturated carbocycles. The first kappa shape index (κ1) is 14.3. The Morgan fingerprint density at radius 2 is 2.30 bits per heavy atom. The number of phenolic OH excluding ortho intramolecular Hbond substituents is 1. The summed E-state index contributed by atoms with van der Waals surface area (Å²) in [6, 6.07) is 4.64. The van der Waals surface area contributed by atoms with E-state index in [1.807, 2.05) is 0 Å². The zero-order valence-electron chi connectivity index (χ0n) is 11.3. The lowest BCUT2D eigenvalue weighted by molar-refractivity contribution is -0.141. The van der Waals surface area contributed by atoms with E-state index >= 15 is 0 Å². The van der Waals surface area contributed by atoms with E-state index in [0.717, 1.165) is 0 Å². The third-order valence-electron chi connectivity index (χ3n) is 3.59. The average Bonchev–Trinajstić information content (AvgIpc) is 2.79. The van der Waals surface area contributed by atoms with Gasteiger partial charge in [0.25, 0.3) is 5.91 Å². The van der Waals surface area contributed by atoms with Crippen molar-refractivity contribution in [3.05, 3.63) is 29.3 Å². The van der Waals surface area contributed by atoms with Crippen molar-refractivity contribution >= 4 is 11.9 Å². The third-order valence-corrected chi connectivity index (χ3v) is 3.59. The maximum absolute atomic E-state index is 12.3. The molecule has 0 radical (unpaired) electrons. The van der Waals surface area contributed by atoms with Crippen molar-refractivity contribution < 1.29 is 19.4 Å². The van der Waals surface area contributed by atoms with Gasteiger partial charge in [0.15, 0.2) is 0 Å². The molecule has 1 amide bonds. The standard InChI is InChI=1S/C14H18N2O4/c1-20-13(18)6-5-9(7-15)16-8-11-10(14(16)19)3-2-4-12(11)17/h2-4,9,17H,5-8,15H2,1H3. The summed E-state index contributed by atoms with van der Waals surface area (Å²) in [7, 11) is 1.33. The van der Waals surface area contributed by atoms with Crippen LogP contribution in [0, 0.1) is 0 Å². The van der Waals surface area contributed by atoms with Gasteiger partial charge in [-0.2, -0.15) is 0 Å². The molecule has 2 rings (SSSR count). The number of fused-ring (bicyclic) bond motifs is 1. The Labute approximate surface area is 117 Å². The molecule has 108 valence electrons. The quantitative estimate of drug-likeness (QED) is 0.771. The van der Waals surface area contributed by atoms with Crippen molar-refractivity contribution in [2.24, 2.45) is 5.73 Å². The molecule has 1 atom stereocenters. The fourth-order valence-corrected chi connectivity index (χ4v) is 2.42. The van der Waals surface area contributed by atoms with Gasteiger partial charge in [0.2, 0.25) is 0 Å². The van der Waals surface area contributed by atoms with Gasteiger partial charge in [-0.25, -0.2) is 0 Å². The number of nitrogens with zero attached hydrogens (tertiary/aromatic N) is 1. The first-order valence-electron chi connectivity index (χ1n) is 6.47. The fraction of sp³-hybridized carbons (Fsp3) is 0.429. The summed E-state index contributed by atoms with van der Waals surface area (Å²) < 4.78 is 4.59. The number of benzene rings is 1. The average molecular weight is 278 g/mol. The van der Waals surface area contributed by atoms with E-state index in [1.54, 1.807) is 23.1 Å². The van der Waals surface area contributed by atoms with Crippen molar-refractivity contribution in [2.75, 3.05) is 13.7 Å². The van der Waals surface area contributed by atoms with Crippen LogP contribution in [0.1, 0.15) is 28.8 Å². The van der Waals surface area contributed by atoms with Crippen LogP contribution >= 0.6 is 0 Å². The molecule has 6 nitrogen and oxygen atoms in total. The van der Waals surface area contributed by atoms with Crippen LogP contribution in [0.15, 0.2) is 18.2 Å². The maximum Gasteiger partial charge on any atom is 0.305 e. The molecule has 1 aromatic carbocycles. The second-order valence-electron chi connectivity index (χ2n) is 4.74. The SMILES string of the molecule is COC(=O)CCC(CN)N1Cc2c(O)cccc2C1=O. The van der Waals surface area contributed by atoms with Crippen molar-refractivity contribution in [3.63, 3.8) is 0 Å². The highest BCUT2D eigenvalue weighted by Crippen LogP contribution is 2.31. The van der Waals surface area contributed by atoms with Crippen LogP contribution < -0.4 is 5.73 Å². The van der Waals surface area contributed by atoms with Gasteiger partial charge in [-0.05, 0) is 18.6 Å². The number of carbonyl (C=O) groups excluding carboxylic acids is 2. The molecule has 1 aromatic rings. The van der Waals surface area contributed by atoms with Crippen LogP contribution in [0.5, 0.6) is 5.75 Å². The first-order chi connectivity index (χ1) is 9.58. The number of methoxy groups -OCH3 is 1. The van der Waals surface area contributed by atoms with Gasteiger partial charge in [-0.3, -0.25) is 9.59 Å². The van der Waals surface area contributed by atoms with Crippen LogP contribution in [0.25, 0.3) is 0 Å². The van der Waals surface area contributed by atoms with Gasteiger partial charge >= 0.3 is 5.97 Å². The highest BCUT2D eigenvalue weighted by atomic mass is 16.5. The lowest BCUT2D eigenvalue weighted by atomic mass is 10.1. The second kappa shape index (κ2) is 5.92. The topological polar surface area (TPSA) is 92.9 Å². The smallest absolute Gasteiger partial charge is 0.305 e. The van der Waals surface area contributed by atoms with Crippen LogP contribution in [0.3, 0.4) is 0 Å². The minimum absolute atomic E-state index is 0.113. The number of aromatic hydroxyl groups is 1. The number of hydrogen-bond acceptors (Lipinski definition) is 5. The molecule has 1 aliphatic rings. The number of carbonyl (C=O) groups is 2. The molecular formula is C14H18N2O4. The molecule has 1 aliphatic heterocycles. The van der Waals surface area contributed by atoms with Crippen LogP contribution in [0.2, 0.25) is 0 Å². The van der Waals surface area contributed by atoms with Gasteiger partial charge < -0.3 is 20.5 Å². The Hall–Kier alpha value is -2.08. The van der Waals surface area contributed by atoms with E-state index in [1.165, 1.54) is 7.11 Å². The number of esters is 1. The molecule has 0 fully saturated rings. The number of nitrogens with two attached hydrogens (primary N) is 1. The third kappa shape index (κ3) is 2.60. The van der Waals surface area contributed by atoms with Gasteiger partial charge in [0.05, 0.1) is 13.7 Å². The summed E-state index contributed by atoms with van der Waals surface area (Å²) in [5.41, 5.74) is 6.83. The summed E-state index contributed by atoms with van der Waals surface area (Å²) in [6.45, 7) is 0.585. The Bertz CT molecular complexity index is 530. The van der Waals surface area contributed by atoms with Gasteiger partial charge in [-0.15, -0.1) is 0 Å². The van der Waals surface area contributed by atoms with Gasteiger partial charge in [0.1, 0.15) is 5.75 Å². The lowest BCUT2D eigenvalue weighted by Crippen LogP contribution is -2.41. The Balaban J connectivity index is 2.12. The molecule has 6 heteroatoms. The fourth-order valence-electron chi connectivity index (χ4n) is 2.42. The monoisotopic (exact) mass is 278 g/mol. The highest BCUT2D eigenvalue weighted by Gasteiger charge is 2.33. The van der Waals surface area contributed by atoms with E-state index in [2.05, 4.69) is 4.74 Å². The predicted molar refractivity (Wildman–Crippen MR) is 72.1 cm³/mol. The first-order valence-corrected chi connectivity index (χ1v) is 6.47. The van der Waals surface area contributed by atoms with E-state index in [9.17, 15) is 14.7 Å². The summed E-state index contributed by atoms with van der Waals surface area (Å²) in [4.78, 5) is 25.1. The Kier molecular flexibility index (Phi) is 4.24. The Morgan fingerprint density at radius 1 is 1.55 bits per heavy atom.